The van der Waals surface area contributed by atoms with Crippen LogP contribution in [-0.4, -0.2) is 24.2 Å². The molecule has 3 aromatic carbocycles. The average molecular weight is 536 g/mol. The van der Waals surface area contributed by atoms with Gasteiger partial charge in [0.1, 0.15) is 11.5 Å². The summed E-state index contributed by atoms with van der Waals surface area (Å²) in [7, 11) is 0. The number of carbonyl (C=O) groups is 2. The zero-order chi connectivity index (χ0) is 23.1. The number of nitrogens with zero attached hydrogens (tertiary/aromatic N) is 1. The van der Waals surface area contributed by atoms with Crippen molar-refractivity contribution in [2.45, 2.75) is 13.0 Å². The lowest BCUT2D eigenvalue weighted by Gasteiger charge is -2.13. The van der Waals surface area contributed by atoms with Crippen LogP contribution < -0.4 is 14.9 Å². The predicted octanol–water partition coefficient (Wildman–Crippen LogP) is 5.89. The molecule has 0 aliphatic rings. The van der Waals surface area contributed by atoms with Crippen molar-refractivity contribution < 1.29 is 19.1 Å². The molecule has 0 saturated carbocycles. The molecule has 32 heavy (non-hydrogen) atoms. The van der Waals surface area contributed by atoms with Gasteiger partial charge in [0.2, 0.25) is 0 Å². The molecule has 0 bridgehead atoms. The minimum Gasteiger partial charge on any atom is -0.481 e. The maximum absolute atomic E-state index is 12.5. The van der Waals surface area contributed by atoms with E-state index in [1.54, 1.807) is 73.7 Å². The molecule has 3 aromatic rings. The second kappa shape index (κ2) is 11.1. The molecule has 3 rings (SSSR count). The third-order valence-electron chi connectivity index (χ3n) is 4.12. The van der Waals surface area contributed by atoms with Gasteiger partial charge in [0.15, 0.2) is 6.10 Å². The lowest BCUT2D eigenvalue weighted by Crippen LogP contribution is -2.33. The lowest BCUT2D eigenvalue weighted by molar-refractivity contribution is -0.127. The van der Waals surface area contributed by atoms with Crippen molar-refractivity contribution in [1.29, 1.82) is 0 Å². The van der Waals surface area contributed by atoms with E-state index in [2.05, 4.69) is 26.5 Å². The quantitative estimate of drug-likeness (QED) is 0.177. The molecule has 0 saturated heterocycles. The van der Waals surface area contributed by atoms with Crippen molar-refractivity contribution in [3.63, 3.8) is 0 Å². The molecule has 0 aliphatic carbocycles. The van der Waals surface area contributed by atoms with Crippen molar-refractivity contribution in [2.75, 3.05) is 0 Å². The van der Waals surface area contributed by atoms with Crippen LogP contribution in [0.25, 0.3) is 0 Å². The van der Waals surface area contributed by atoms with Gasteiger partial charge in [0, 0.05) is 15.1 Å². The highest BCUT2D eigenvalue weighted by Crippen LogP contribution is 2.24. The van der Waals surface area contributed by atoms with Crippen LogP contribution in [0.4, 0.5) is 0 Å². The fourth-order valence-electron chi connectivity index (χ4n) is 2.55. The van der Waals surface area contributed by atoms with Gasteiger partial charge in [-0.2, -0.15) is 5.10 Å². The van der Waals surface area contributed by atoms with E-state index in [-0.39, 0.29) is 16.3 Å². The maximum Gasteiger partial charge on any atom is 0.345 e. The Hall–Kier alpha value is -2.87. The number of carbonyl (C=O) groups excluding carboxylic acids is 2. The van der Waals surface area contributed by atoms with Crippen molar-refractivity contribution in [3.05, 3.63) is 92.4 Å². The fraction of sp³-hybridized carbons (Fsp3) is 0.0870. The molecule has 0 aromatic heterocycles. The lowest BCUT2D eigenvalue weighted by atomic mass is 10.2. The SMILES string of the molecule is C[C@H](Oc1cccc(Cl)c1)C(=O)N/N=C\c1cc(Br)ccc1OC(=O)c1ccccc1Cl. The first-order valence-corrected chi connectivity index (χ1v) is 10.9. The van der Waals surface area contributed by atoms with Crippen molar-refractivity contribution in [3.8, 4) is 11.5 Å². The Morgan fingerprint density at radius 2 is 1.84 bits per heavy atom. The zero-order valence-corrected chi connectivity index (χ0v) is 19.8. The number of nitrogens with one attached hydrogen (secondary N) is 1. The van der Waals surface area contributed by atoms with Crippen molar-refractivity contribution in [2.24, 2.45) is 5.10 Å². The number of rotatable bonds is 7. The van der Waals surface area contributed by atoms with E-state index in [1.165, 1.54) is 6.21 Å². The summed E-state index contributed by atoms with van der Waals surface area (Å²) in [4.78, 5) is 24.8. The number of hydrazone groups is 1. The molecule has 0 spiro atoms. The smallest absolute Gasteiger partial charge is 0.345 e. The number of esters is 1. The first kappa shape index (κ1) is 23.8. The molecule has 164 valence electrons. The van der Waals surface area contributed by atoms with Gasteiger partial charge in [-0.1, -0.05) is 57.3 Å². The molecule has 0 fully saturated rings. The van der Waals surface area contributed by atoms with Gasteiger partial charge in [0.05, 0.1) is 16.8 Å². The van der Waals surface area contributed by atoms with E-state index in [1.807, 2.05) is 0 Å². The van der Waals surface area contributed by atoms with Gasteiger partial charge in [-0.3, -0.25) is 4.79 Å². The highest BCUT2D eigenvalue weighted by molar-refractivity contribution is 9.10. The molecular weight excluding hydrogens is 519 g/mol. The molecule has 1 atom stereocenters. The van der Waals surface area contributed by atoms with Crippen LogP contribution in [0.5, 0.6) is 11.5 Å². The van der Waals surface area contributed by atoms with Gasteiger partial charge < -0.3 is 9.47 Å². The summed E-state index contributed by atoms with van der Waals surface area (Å²) in [6, 6.07) is 18.3. The highest BCUT2D eigenvalue weighted by Gasteiger charge is 2.16. The molecule has 0 unspecified atom stereocenters. The van der Waals surface area contributed by atoms with Gasteiger partial charge in [-0.25, -0.2) is 10.2 Å². The largest absolute Gasteiger partial charge is 0.481 e. The topological polar surface area (TPSA) is 77.0 Å². The van der Waals surface area contributed by atoms with E-state index in [4.69, 9.17) is 32.7 Å². The van der Waals surface area contributed by atoms with Crippen LogP contribution in [0, 0.1) is 0 Å². The van der Waals surface area contributed by atoms with E-state index in [0.29, 0.717) is 16.3 Å². The maximum atomic E-state index is 12.5. The number of hydrogen-bond acceptors (Lipinski definition) is 5. The normalized spacial score (nSPS) is 11.8. The second-order valence-corrected chi connectivity index (χ2v) is 8.26. The minimum absolute atomic E-state index is 0.236. The first-order valence-electron chi connectivity index (χ1n) is 9.35. The average Bonchev–Trinajstić information content (AvgIpc) is 2.75. The van der Waals surface area contributed by atoms with E-state index in [9.17, 15) is 9.59 Å². The molecule has 0 aliphatic heterocycles. The molecule has 1 amide bonds. The number of halogens is 3. The van der Waals surface area contributed by atoms with Crippen LogP contribution in [0.3, 0.4) is 0 Å². The summed E-state index contributed by atoms with van der Waals surface area (Å²) in [5.74, 6) is -0.366. The molecule has 6 nitrogen and oxygen atoms in total. The number of benzene rings is 3. The van der Waals surface area contributed by atoms with Crippen molar-refractivity contribution >= 4 is 57.2 Å². The van der Waals surface area contributed by atoms with Crippen LogP contribution >= 0.6 is 39.1 Å². The van der Waals surface area contributed by atoms with Gasteiger partial charge in [-0.15, -0.1) is 0 Å². The van der Waals surface area contributed by atoms with Gasteiger partial charge in [0.25, 0.3) is 5.91 Å². The van der Waals surface area contributed by atoms with E-state index in [0.717, 1.165) is 4.47 Å². The Balaban J connectivity index is 1.67. The van der Waals surface area contributed by atoms with Crippen LogP contribution in [0.15, 0.2) is 76.3 Å². The van der Waals surface area contributed by atoms with E-state index >= 15 is 0 Å². The Labute approximate surface area is 203 Å². The number of amides is 1. The Morgan fingerprint density at radius 1 is 1.06 bits per heavy atom. The molecule has 1 N–H and O–H groups in total. The zero-order valence-electron chi connectivity index (χ0n) is 16.7. The highest BCUT2D eigenvalue weighted by atomic mass is 79.9. The van der Waals surface area contributed by atoms with E-state index < -0.39 is 18.0 Å². The summed E-state index contributed by atoms with van der Waals surface area (Å²) >= 11 is 15.3. The fourth-order valence-corrected chi connectivity index (χ4v) is 3.32. The number of ether oxygens (including phenoxy) is 2. The molecule has 0 radical (unpaired) electrons. The monoisotopic (exact) mass is 534 g/mol. The number of hydrogen-bond donors (Lipinski definition) is 1. The Morgan fingerprint density at radius 3 is 2.59 bits per heavy atom. The first-order chi connectivity index (χ1) is 15.3. The predicted molar refractivity (Wildman–Crippen MR) is 128 cm³/mol. The minimum atomic E-state index is -0.814. The van der Waals surface area contributed by atoms with Crippen LogP contribution in [0.2, 0.25) is 10.0 Å². The standard InChI is InChI=1S/C23H17BrCl2N2O4/c1-14(31-18-6-4-5-17(25)12-18)22(29)28-27-13-15-11-16(24)9-10-21(15)32-23(30)19-7-2-3-8-20(19)26/h2-14H,1H3,(H,28,29)/b27-13-/t14-/m0/s1. The summed E-state index contributed by atoms with van der Waals surface area (Å²) < 4.78 is 11.8. The summed E-state index contributed by atoms with van der Waals surface area (Å²) in [6.07, 6.45) is 0.551. The molecule has 0 heterocycles. The molecule has 9 heteroatoms. The molecular formula is C23H17BrCl2N2O4. The third-order valence-corrected chi connectivity index (χ3v) is 5.18. The summed E-state index contributed by atoms with van der Waals surface area (Å²) in [5, 5.41) is 4.74. The summed E-state index contributed by atoms with van der Waals surface area (Å²) in [6.45, 7) is 1.58. The van der Waals surface area contributed by atoms with Gasteiger partial charge >= 0.3 is 5.97 Å². The van der Waals surface area contributed by atoms with Crippen LogP contribution in [0.1, 0.15) is 22.8 Å². The third kappa shape index (κ3) is 6.56. The Kier molecular flexibility index (Phi) is 8.27. The summed E-state index contributed by atoms with van der Waals surface area (Å²) in [5.41, 5.74) is 3.10. The van der Waals surface area contributed by atoms with Crippen LogP contribution in [-0.2, 0) is 4.79 Å². The Bertz CT molecular complexity index is 1170. The van der Waals surface area contributed by atoms with Gasteiger partial charge in [-0.05, 0) is 55.5 Å². The van der Waals surface area contributed by atoms with Crippen molar-refractivity contribution in [1.82, 2.24) is 5.43 Å². The second-order valence-electron chi connectivity index (χ2n) is 6.50.